The summed E-state index contributed by atoms with van der Waals surface area (Å²) in [6, 6.07) is 5.54. The lowest BCUT2D eigenvalue weighted by Crippen LogP contribution is -2.42. The van der Waals surface area contributed by atoms with Gasteiger partial charge in [-0.25, -0.2) is 4.39 Å². The predicted molar refractivity (Wildman–Crippen MR) is 68.8 cm³/mol. The average Bonchev–Trinajstić information content (AvgIpc) is 2.92. The summed E-state index contributed by atoms with van der Waals surface area (Å²) in [6.45, 7) is 3.07. The fourth-order valence-electron chi connectivity index (χ4n) is 2.16. The van der Waals surface area contributed by atoms with Crippen molar-refractivity contribution in [2.45, 2.75) is 25.8 Å². The number of hydrogen-bond donors (Lipinski definition) is 1. The molecule has 1 atom stereocenters. The van der Waals surface area contributed by atoms with Crippen molar-refractivity contribution >= 4 is 11.8 Å². The van der Waals surface area contributed by atoms with E-state index in [9.17, 15) is 14.0 Å². The number of carbonyl (C=O) groups is 2. The van der Waals surface area contributed by atoms with Crippen molar-refractivity contribution in [3.05, 3.63) is 35.6 Å². The van der Waals surface area contributed by atoms with Crippen molar-refractivity contribution < 1.29 is 14.0 Å². The van der Waals surface area contributed by atoms with Crippen molar-refractivity contribution in [2.75, 3.05) is 13.1 Å². The van der Waals surface area contributed by atoms with E-state index in [0.29, 0.717) is 13.1 Å². The maximum absolute atomic E-state index is 12.8. The van der Waals surface area contributed by atoms with Gasteiger partial charge in [-0.05, 0) is 37.5 Å². The fraction of sp³-hybridized carbons (Fsp3) is 0.429. The van der Waals surface area contributed by atoms with Crippen LogP contribution >= 0.6 is 0 Å². The van der Waals surface area contributed by atoms with Crippen LogP contribution in [-0.4, -0.2) is 29.8 Å². The zero-order valence-electron chi connectivity index (χ0n) is 10.9. The lowest BCUT2D eigenvalue weighted by molar-refractivity contribution is -0.145. The highest BCUT2D eigenvalue weighted by atomic mass is 19.1. The second-order valence-electron chi connectivity index (χ2n) is 4.75. The van der Waals surface area contributed by atoms with Gasteiger partial charge in [-0.3, -0.25) is 9.59 Å². The van der Waals surface area contributed by atoms with Gasteiger partial charge in [0.25, 0.3) is 0 Å². The zero-order chi connectivity index (χ0) is 13.8. The Hall–Kier alpha value is -1.91. The van der Waals surface area contributed by atoms with E-state index in [2.05, 4.69) is 5.32 Å². The van der Waals surface area contributed by atoms with E-state index in [4.69, 9.17) is 0 Å². The molecule has 0 aromatic heterocycles. The molecule has 1 fully saturated rings. The van der Waals surface area contributed by atoms with Gasteiger partial charge >= 0.3 is 11.8 Å². The third-order valence-electron chi connectivity index (χ3n) is 3.31. The van der Waals surface area contributed by atoms with Gasteiger partial charge in [0.2, 0.25) is 0 Å². The number of nitrogens with one attached hydrogen (secondary N) is 1. The first-order chi connectivity index (χ1) is 9.08. The fourth-order valence-corrected chi connectivity index (χ4v) is 2.16. The quantitative estimate of drug-likeness (QED) is 0.825. The topological polar surface area (TPSA) is 49.4 Å². The molecule has 1 aliphatic heterocycles. The minimum absolute atomic E-state index is 0.320. The van der Waals surface area contributed by atoms with Crippen LogP contribution in [0.1, 0.15) is 31.4 Å². The van der Waals surface area contributed by atoms with Gasteiger partial charge in [0.1, 0.15) is 5.82 Å². The first-order valence-electron chi connectivity index (χ1n) is 6.43. The Morgan fingerprint density at radius 2 is 1.79 bits per heavy atom. The number of rotatable bonds is 2. The van der Waals surface area contributed by atoms with Crippen LogP contribution in [0.15, 0.2) is 24.3 Å². The Morgan fingerprint density at radius 1 is 1.21 bits per heavy atom. The SMILES string of the molecule is C[C@@H](NC(=O)C(=O)N1CCCC1)c1ccc(F)cc1. The Kier molecular flexibility index (Phi) is 4.14. The van der Waals surface area contributed by atoms with E-state index in [1.165, 1.54) is 12.1 Å². The minimum Gasteiger partial charge on any atom is -0.341 e. The molecule has 0 spiro atoms. The van der Waals surface area contributed by atoms with Gasteiger partial charge in [0, 0.05) is 13.1 Å². The third kappa shape index (κ3) is 3.30. The second kappa shape index (κ2) is 5.82. The number of hydrogen-bond acceptors (Lipinski definition) is 2. The molecule has 0 saturated carbocycles. The van der Waals surface area contributed by atoms with E-state index >= 15 is 0 Å². The standard InChI is InChI=1S/C14H17FN2O2/c1-10(11-4-6-12(15)7-5-11)16-13(18)14(19)17-8-2-3-9-17/h4-7,10H,2-3,8-9H2,1H3,(H,16,18)/t10-/m1/s1. The summed E-state index contributed by atoms with van der Waals surface area (Å²) in [7, 11) is 0. The average molecular weight is 264 g/mol. The molecule has 1 saturated heterocycles. The van der Waals surface area contributed by atoms with Crippen molar-refractivity contribution in [1.82, 2.24) is 10.2 Å². The molecule has 1 N–H and O–H groups in total. The normalized spacial score (nSPS) is 16.2. The minimum atomic E-state index is -0.598. The molecular weight excluding hydrogens is 247 g/mol. The Bertz CT molecular complexity index is 467. The third-order valence-corrected chi connectivity index (χ3v) is 3.31. The van der Waals surface area contributed by atoms with E-state index in [1.807, 2.05) is 0 Å². The maximum Gasteiger partial charge on any atom is 0.311 e. The molecule has 1 aromatic rings. The van der Waals surface area contributed by atoms with Gasteiger partial charge in [-0.1, -0.05) is 12.1 Å². The molecule has 4 nitrogen and oxygen atoms in total. The Morgan fingerprint density at radius 3 is 2.37 bits per heavy atom. The van der Waals surface area contributed by atoms with Crippen molar-refractivity contribution in [3.8, 4) is 0 Å². The predicted octanol–water partition coefficient (Wildman–Crippen LogP) is 1.63. The number of benzene rings is 1. The number of likely N-dealkylation sites (tertiary alicyclic amines) is 1. The maximum atomic E-state index is 12.8. The first kappa shape index (κ1) is 13.5. The lowest BCUT2D eigenvalue weighted by Gasteiger charge is -2.18. The van der Waals surface area contributed by atoms with Gasteiger partial charge in [0.05, 0.1) is 6.04 Å². The van der Waals surface area contributed by atoms with Crippen LogP contribution < -0.4 is 5.32 Å². The molecule has 1 aromatic carbocycles. The highest BCUT2D eigenvalue weighted by Gasteiger charge is 2.25. The second-order valence-corrected chi connectivity index (χ2v) is 4.75. The molecule has 2 amide bonds. The summed E-state index contributed by atoms with van der Waals surface area (Å²) in [5, 5.41) is 2.64. The molecule has 1 heterocycles. The molecule has 0 bridgehead atoms. The van der Waals surface area contributed by atoms with Crippen LogP contribution in [0.2, 0.25) is 0 Å². The summed E-state index contributed by atoms with van der Waals surface area (Å²) in [6.07, 6.45) is 1.90. The number of halogens is 1. The van der Waals surface area contributed by atoms with Crippen LogP contribution in [0, 0.1) is 5.82 Å². The van der Waals surface area contributed by atoms with Gasteiger partial charge in [0.15, 0.2) is 0 Å². The van der Waals surface area contributed by atoms with Crippen molar-refractivity contribution in [1.29, 1.82) is 0 Å². The summed E-state index contributed by atoms with van der Waals surface area (Å²) >= 11 is 0. The van der Waals surface area contributed by atoms with Crippen LogP contribution in [0.3, 0.4) is 0 Å². The van der Waals surface area contributed by atoms with Crippen LogP contribution in [-0.2, 0) is 9.59 Å². The monoisotopic (exact) mass is 264 g/mol. The molecule has 2 rings (SSSR count). The molecule has 5 heteroatoms. The lowest BCUT2D eigenvalue weighted by atomic mass is 10.1. The molecular formula is C14H17FN2O2. The molecule has 0 unspecified atom stereocenters. The molecule has 102 valence electrons. The summed E-state index contributed by atoms with van der Waals surface area (Å²) in [5.41, 5.74) is 0.768. The molecule has 0 radical (unpaired) electrons. The van der Waals surface area contributed by atoms with Crippen LogP contribution in [0.5, 0.6) is 0 Å². The highest BCUT2D eigenvalue weighted by molar-refractivity contribution is 6.35. The largest absolute Gasteiger partial charge is 0.341 e. The highest BCUT2D eigenvalue weighted by Crippen LogP contribution is 2.13. The van der Waals surface area contributed by atoms with E-state index in [-0.39, 0.29) is 11.9 Å². The number of carbonyl (C=O) groups excluding carboxylic acids is 2. The Labute approximate surface area is 111 Å². The van der Waals surface area contributed by atoms with Gasteiger partial charge in [-0.15, -0.1) is 0 Å². The number of nitrogens with zero attached hydrogens (tertiary/aromatic N) is 1. The molecule has 19 heavy (non-hydrogen) atoms. The Balaban J connectivity index is 1.94. The molecule has 1 aliphatic rings. The zero-order valence-corrected chi connectivity index (χ0v) is 10.9. The van der Waals surface area contributed by atoms with E-state index in [1.54, 1.807) is 24.0 Å². The summed E-state index contributed by atoms with van der Waals surface area (Å²) in [4.78, 5) is 25.2. The summed E-state index contributed by atoms with van der Waals surface area (Å²) in [5.74, 6) is -1.40. The van der Waals surface area contributed by atoms with Crippen LogP contribution in [0.25, 0.3) is 0 Å². The smallest absolute Gasteiger partial charge is 0.311 e. The van der Waals surface area contributed by atoms with Gasteiger partial charge < -0.3 is 10.2 Å². The van der Waals surface area contributed by atoms with Crippen molar-refractivity contribution in [2.24, 2.45) is 0 Å². The van der Waals surface area contributed by atoms with Crippen LogP contribution in [0.4, 0.5) is 4.39 Å². The number of amides is 2. The van der Waals surface area contributed by atoms with E-state index < -0.39 is 11.8 Å². The van der Waals surface area contributed by atoms with Crippen molar-refractivity contribution in [3.63, 3.8) is 0 Å². The van der Waals surface area contributed by atoms with Gasteiger partial charge in [-0.2, -0.15) is 0 Å². The van der Waals surface area contributed by atoms with E-state index in [0.717, 1.165) is 18.4 Å². The first-order valence-corrected chi connectivity index (χ1v) is 6.43. The summed E-state index contributed by atoms with van der Waals surface area (Å²) < 4.78 is 12.8. The molecule has 0 aliphatic carbocycles.